The second-order valence-electron chi connectivity index (χ2n) is 7.30. The van der Waals surface area contributed by atoms with Crippen LogP contribution in [0, 0.1) is 0 Å². The molecule has 12 heteroatoms. The molecule has 4 aromatic rings. The maximum absolute atomic E-state index is 12.7. The number of nitrogens with zero attached hydrogens (tertiary/aromatic N) is 6. The highest BCUT2D eigenvalue weighted by Gasteiger charge is 2.29. The molecule has 3 aromatic heterocycles. The zero-order chi connectivity index (χ0) is 23.2. The summed E-state index contributed by atoms with van der Waals surface area (Å²) in [6.07, 6.45) is 3.07. The Morgan fingerprint density at radius 2 is 1.97 bits per heavy atom. The van der Waals surface area contributed by atoms with Gasteiger partial charge in [-0.2, -0.15) is 5.10 Å². The topological polar surface area (TPSA) is 146 Å². The number of nitrogens with one attached hydrogen (secondary N) is 1. The Bertz CT molecular complexity index is 1230. The fourth-order valence-electron chi connectivity index (χ4n) is 3.60. The predicted octanol–water partition coefficient (Wildman–Crippen LogP) is 1.32. The van der Waals surface area contributed by atoms with E-state index in [9.17, 15) is 9.90 Å². The van der Waals surface area contributed by atoms with Crippen LogP contribution in [0.4, 0.5) is 5.13 Å². The standard InChI is InChI=1S/C20H19N7O2S.CH2O2/c28-16-9-15(23-18(29)14-6-7-27-17(8-14)21-12-22-27)10-26(11-16)20-25-24-19(30-20)13-4-2-1-3-5-13;2-1-3/h1-8,12,15-16,28H,9-11H2,(H,23,29);1H,(H,2,3)/t15-,16+;/m0./s1. The molecule has 0 saturated carbocycles. The molecular formula is C21H21N7O4S. The molecule has 1 amide bonds. The van der Waals surface area contributed by atoms with Crippen molar-refractivity contribution in [2.45, 2.75) is 18.6 Å². The second kappa shape index (κ2) is 10.1. The van der Waals surface area contributed by atoms with Gasteiger partial charge >= 0.3 is 0 Å². The zero-order valence-corrected chi connectivity index (χ0v) is 18.2. The average Bonchev–Trinajstić information content (AvgIpc) is 3.49. The van der Waals surface area contributed by atoms with E-state index in [2.05, 4.69) is 25.6 Å². The number of rotatable bonds is 4. The first-order chi connectivity index (χ1) is 16.1. The van der Waals surface area contributed by atoms with Gasteiger partial charge in [0.25, 0.3) is 12.4 Å². The van der Waals surface area contributed by atoms with E-state index in [0.29, 0.717) is 30.7 Å². The highest BCUT2D eigenvalue weighted by molar-refractivity contribution is 7.18. The number of anilines is 1. The van der Waals surface area contributed by atoms with Crippen molar-refractivity contribution in [2.75, 3.05) is 18.0 Å². The summed E-state index contributed by atoms with van der Waals surface area (Å²) in [6, 6.07) is 13.0. The Hall–Kier alpha value is -3.90. The molecule has 4 heterocycles. The van der Waals surface area contributed by atoms with Gasteiger partial charge in [0.1, 0.15) is 11.3 Å². The normalized spacial score (nSPS) is 17.8. The number of piperidine rings is 1. The number of carboxylic acid groups (broad SMARTS) is 1. The molecule has 5 rings (SSSR count). The van der Waals surface area contributed by atoms with Crippen molar-refractivity contribution in [1.82, 2.24) is 30.1 Å². The molecule has 1 aliphatic heterocycles. The predicted molar refractivity (Wildman–Crippen MR) is 121 cm³/mol. The summed E-state index contributed by atoms with van der Waals surface area (Å²) in [5.74, 6) is -0.207. The van der Waals surface area contributed by atoms with E-state index in [-0.39, 0.29) is 18.4 Å². The summed E-state index contributed by atoms with van der Waals surface area (Å²) in [5, 5.41) is 34.5. The number of amides is 1. The largest absolute Gasteiger partial charge is 0.483 e. The van der Waals surface area contributed by atoms with Crippen molar-refractivity contribution in [3.8, 4) is 10.6 Å². The number of pyridine rings is 1. The lowest BCUT2D eigenvalue weighted by atomic mass is 10.0. The number of aromatic nitrogens is 5. The molecular weight excluding hydrogens is 446 g/mol. The molecule has 1 fully saturated rings. The summed E-state index contributed by atoms with van der Waals surface area (Å²) in [4.78, 5) is 27.2. The van der Waals surface area contributed by atoms with Crippen LogP contribution in [0.3, 0.4) is 0 Å². The number of aliphatic hydroxyl groups excluding tert-OH is 1. The molecule has 170 valence electrons. The number of hydrogen-bond acceptors (Lipinski definition) is 9. The van der Waals surface area contributed by atoms with Gasteiger partial charge in [0.2, 0.25) is 5.13 Å². The quantitative estimate of drug-likeness (QED) is 0.378. The van der Waals surface area contributed by atoms with Crippen LogP contribution in [0.1, 0.15) is 16.8 Å². The molecule has 2 atom stereocenters. The minimum absolute atomic E-state index is 0.207. The summed E-state index contributed by atoms with van der Waals surface area (Å²) in [5.41, 5.74) is 2.12. The van der Waals surface area contributed by atoms with E-state index in [4.69, 9.17) is 9.90 Å². The van der Waals surface area contributed by atoms with Crippen LogP contribution in [-0.2, 0) is 4.79 Å². The monoisotopic (exact) mass is 467 g/mol. The smallest absolute Gasteiger partial charge is 0.290 e. The van der Waals surface area contributed by atoms with Gasteiger partial charge < -0.3 is 20.4 Å². The maximum Gasteiger partial charge on any atom is 0.290 e. The molecule has 1 aliphatic rings. The first-order valence-electron chi connectivity index (χ1n) is 10.1. The highest BCUT2D eigenvalue weighted by atomic mass is 32.1. The number of hydrogen-bond donors (Lipinski definition) is 3. The summed E-state index contributed by atoms with van der Waals surface area (Å²) in [7, 11) is 0. The van der Waals surface area contributed by atoms with Crippen molar-refractivity contribution >= 4 is 34.5 Å². The molecule has 0 aliphatic carbocycles. The SMILES string of the molecule is O=C(N[C@H]1C[C@@H](O)CN(c2nnc(-c3ccccc3)s2)C1)c1ccn2ncnc2c1.O=CO. The number of β-amino-alcohol motifs (C(OH)–C–C–N with tert-alkyl or cyclic N) is 1. The van der Waals surface area contributed by atoms with E-state index in [1.807, 2.05) is 35.2 Å². The van der Waals surface area contributed by atoms with Crippen LogP contribution in [0.25, 0.3) is 16.2 Å². The lowest BCUT2D eigenvalue weighted by Crippen LogP contribution is -2.52. The maximum atomic E-state index is 12.7. The van der Waals surface area contributed by atoms with Crippen molar-refractivity contribution in [1.29, 1.82) is 0 Å². The van der Waals surface area contributed by atoms with E-state index in [0.717, 1.165) is 15.7 Å². The average molecular weight is 468 g/mol. The number of fused-ring (bicyclic) bond motifs is 1. The number of benzene rings is 1. The fraction of sp³-hybridized carbons (Fsp3) is 0.238. The molecule has 11 nitrogen and oxygen atoms in total. The Balaban J connectivity index is 0.000000821. The Morgan fingerprint density at radius 3 is 2.76 bits per heavy atom. The van der Waals surface area contributed by atoms with Crippen molar-refractivity contribution < 1.29 is 19.8 Å². The minimum Gasteiger partial charge on any atom is -0.483 e. The molecule has 0 bridgehead atoms. The summed E-state index contributed by atoms with van der Waals surface area (Å²) in [6.45, 7) is 0.765. The second-order valence-corrected chi connectivity index (χ2v) is 8.26. The lowest BCUT2D eigenvalue weighted by Gasteiger charge is -2.35. The van der Waals surface area contributed by atoms with E-state index < -0.39 is 6.10 Å². The minimum atomic E-state index is -0.563. The number of carbonyl (C=O) groups is 2. The molecule has 0 radical (unpaired) electrons. The van der Waals surface area contributed by atoms with Gasteiger partial charge in [-0.1, -0.05) is 41.7 Å². The molecule has 1 aromatic carbocycles. The number of carbonyl (C=O) groups excluding carboxylic acids is 1. The van der Waals surface area contributed by atoms with Gasteiger partial charge in [0, 0.05) is 36.5 Å². The first-order valence-corrected chi connectivity index (χ1v) is 10.9. The van der Waals surface area contributed by atoms with Gasteiger partial charge in [-0.25, -0.2) is 9.50 Å². The van der Waals surface area contributed by atoms with Crippen LogP contribution in [0.5, 0.6) is 0 Å². The van der Waals surface area contributed by atoms with Crippen molar-refractivity contribution in [3.05, 3.63) is 60.6 Å². The van der Waals surface area contributed by atoms with Crippen LogP contribution in [0.2, 0.25) is 0 Å². The van der Waals surface area contributed by atoms with Crippen LogP contribution in [-0.4, -0.2) is 72.6 Å². The van der Waals surface area contributed by atoms with Crippen LogP contribution >= 0.6 is 11.3 Å². The van der Waals surface area contributed by atoms with Crippen LogP contribution in [0.15, 0.2) is 55.0 Å². The first kappa shape index (κ1) is 22.3. The van der Waals surface area contributed by atoms with Gasteiger partial charge in [0.05, 0.1) is 6.10 Å². The van der Waals surface area contributed by atoms with E-state index in [1.165, 1.54) is 17.7 Å². The van der Waals surface area contributed by atoms with Gasteiger partial charge in [-0.05, 0) is 18.6 Å². The highest BCUT2D eigenvalue weighted by Crippen LogP contribution is 2.30. The van der Waals surface area contributed by atoms with Gasteiger partial charge in [0.15, 0.2) is 5.65 Å². The lowest BCUT2D eigenvalue weighted by molar-refractivity contribution is -0.122. The van der Waals surface area contributed by atoms with Gasteiger partial charge in [-0.3, -0.25) is 9.59 Å². The zero-order valence-electron chi connectivity index (χ0n) is 17.4. The third-order valence-corrected chi connectivity index (χ3v) is 6.05. The molecule has 33 heavy (non-hydrogen) atoms. The molecule has 3 N–H and O–H groups in total. The Labute approximate surface area is 192 Å². The summed E-state index contributed by atoms with van der Waals surface area (Å²) >= 11 is 1.48. The molecule has 1 saturated heterocycles. The molecule has 0 unspecified atom stereocenters. The van der Waals surface area contributed by atoms with Crippen molar-refractivity contribution in [2.24, 2.45) is 0 Å². The third kappa shape index (κ3) is 5.30. The van der Waals surface area contributed by atoms with Crippen LogP contribution < -0.4 is 10.2 Å². The third-order valence-electron chi connectivity index (χ3n) is 5.01. The van der Waals surface area contributed by atoms with E-state index in [1.54, 1.807) is 22.8 Å². The fourth-order valence-corrected chi connectivity index (χ4v) is 4.47. The Morgan fingerprint density at radius 1 is 1.18 bits per heavy atom. The molecule has 0 spiro atoms. The van der Waals surface area contributed by atoms with Gasteiger partial charge in [-0.15, -0.1) is 10.2 Å². The number of aliphatic hydroxyl groups is 1. The Kier molecular flexibility index (Phi) is 6.86. The van der Waals surface area contributed by atoms with Crippen molar-refractivity contribution in [3.63, 3.8) is 0 Å². The van der Waals surface area contributed by atoms with E-state index >= 15 is 0 Å². The summed E-state index contributed by atoms with van der Waals surface area (Å²) < 4.78 is 1.60.